The van der Waals surface area contributed by atoms with E-state index in [1.807, 2.05) is 55.5 Å². The third-order valence-corrected chi connectivity index (χ3v) is 5.12. The van der Waals surface area contributed by atoms with Crippen molar-refractivity contribution in [2.24, 2.45) is 0 Å². The first kappa shape index (κ1) is 19.7. The van der Waals surface area contributed by atoms with E-state index in [0.717, 1.165) is 5.56 Å². The number of rotatable bonds is 9. The molecule has 0 bridgehead atoms. The van der Waals surface area contributed by atoms with Gasteiger partial charge in [0.25, 0.3) is 0 Å². The number of thiazole rings is 1. The Morgan fingerprint density at radius 3 is 2.50 bits per heavy atom. The fraction of sp³-hybridized carbons (Fsp3) is 0.238. The van der Waals surface area contributed by atoms with Crippen LogP contribution in [0.2, 0.25) is 0 Å². The predicted octanol–water partition coefficient (Wildman–Crippen LogP) is 4.54. The summed E-state index contributed by atoms with van der Waals surface area (Å²) in [5, 5.41) is 9.98. The van der Waals surface area contributed by atoms with Gasteiger partial charge >= 0.3 is 5.97 Å². The van der Waals surface area contributed by atoms with Gasteiger partial charge < -0.3 is 19.3 Å². The van der Waals surface area contributed by atoms with Crippen LogP contribution in [0.3, 0.4) is 0 Å². The van der Waals surface area contributed by atoms with E-state index in [4.69, 9.17) is 14.2 Å². The van der Waals surface area contributed by atoms with Crippen LogP contribution in [0.15, 0.2) is 48.5 Å². The number of aromatic nitrogens is 1. The SMILES string of the molecule is CCc1nc(-c2cccc(OCCOc3ccccc3OC)c2)sc1C(=O)O. The molecular formula is C21H21NO5S. The molecule has 6 nitrogen and oxygen atoms in total. The molecule has 0 saturated carbocycles. The van der Waals surface area contributed by atoms with E-state index in [1.54, 1.807) is 7.11 Å². The molecule has 0 spiro atoms. The van der Waals surface area contributed by atoms with Gasteiger partial charge in [-0.1, -0.05) is 31.2 Å². The number of ether oxygens (including phenoxy) is 3. The fourth-order valence-electron chi connectivity index (χ4n) is 2.65. The van der Waals surface area contributed by atoms with Crippen LogP contribution in [0, 0.1) is 0 Å². The minimum atomic E-state index is -0.943. The number of para-hydroxylation sites is 2. The Bertz CT molecular complexity index is 953. The molecule has 0 amide bonds. The Labute approximate surface area is 167 Å². The van der Waals surface area contributed by atoms with Crippen LogP contribution in [0.1, 0.15) is 22.3 Å². The van der Waals surface area contributed by atoms with Crippen LogP contribution in [-0.4, -0.2) is 36.4 Å². The summed E-state index contributed by atoms with van der Waals surface area (Å²) >= 11 is 1.18. The van der Waals surface area contributed by atoms with Crippen LogP contribution in [0.25, 0.3) is 10.6 Å². The number of nitrogens with zero attached hydrogens (tertiary/aromatic N) is 1. The van der Waals surface area contributed by atoms with E-state index in [0.29, 0.717) is 47.6 Å². The molecule has 28 heavy (non-hydrogen) atoms. The summed E-state index contributed by atoms with van der Waals surface area (Å²) in [5.41, 5.74) is 1.43. The van der Waals surface area contributed by atoms with Gasteiger partial charge in [0.1, 0.15) is 28.8 Å². The van der Waals surface area contributed by atoms with Crippen molar-refractivity contribution in [1.82, 2.24) is 4.98 Å². The summed E-state index contributed by atoms with van der Waals surface area (Å²) in [4.78, 5) is 16.1. The summed E-state index contributed by atoms with van der Waals surface area (Å²) in [7, 11) is 1.60. The standard InChI is InChI=1S/C21H21NO5S/c1-3-16-19(21(23)24)28-20(22-16)14-7-6-8-15(13-14)26-11-12-27-18-10-5-4-9-17(18)25-2/h4-10,13H,3,11-12H2,1-2H3,(H,23,24). The van der Waals surface area contributed by atoms with Crippen molar-refractivity contribution in [3.8, 4) is 27.8 Å². The summed E-state index contributed by atoms with van der Waals surface area (Å²) in [5.74, 6) is 1.07. The zero-order valence-corrected chi connectivity index (χ0v) is 16.5. The highest BCUT2D eigenvalue weighted by molar-refractivity contribution is 7.17. The second kappa shape index (κ2) is 9.23. The minimum Gasteiger partial charge on any atom is -0.493 e. The molecule has 1 N–H and O–H groups in total. The second-order valence-electron chi connectivity index (χ2n) is 5.83. The summed E-state index contributed by atoms with van der Waals surface area (Å²) in [6, 6.07) is 14.9. The maximum atomic E-state index is 11.4. The normalized spacial score (nSPS) is 10.5. The third-order valence-electron chi connectivity index (χ3n) is 3.99. The number of benzene rings is 2. The topological polar surface area (TPSA) is 77.9 Å². The molecule has 0 aliphatic heterocycles. The lowest BCUT2D eigenvalue weighted by Gasteiger charge is -2.11. The third kappa shape index (κ3) is 4.61. The number of methoxy groups -OCH3 is 1. The van der Waals surface area contributed by atoms with Crippen LogP contribution >= 0.6 is 11.3 Å². The lowest BCUT2D eigenvalue weighted by Crippen LogP contribution is -2.09. The van der Waals surface area contributed by atoms with E-state index in [9.17, 15) is 9.90 Å². The van der Waals surface area contributed by atoms with Crippen molar-refractivity contribution in [2.45, 2.75) is 13.3 Å². The lowest BCUT2D eigenvalue weighted by molar-refractivity contribution is 0.0701. The molecule has 1 heterocycles. The summed E-state index contributed by atoms with van der Waals surface area (Å²) < 4.78 is 16.7. The number of carbonyl (C=O) groups is 1. The van der Waals surface area contributed by atoms with Gasteiger partial charge in [-0.2, -0.15) is 0 Å². The smallest absolute Gasteiger partial charge is 0.347 e. The first-order valence-electron chi connectivity index (χ1n) is 8.84. The van der Waals surface area contributed by atoms with Gasteiger partial charge in [0.15, 0.2) is 11.5 Å². The highest BCUT2D eigenvalue weighted by Crippen LogP contribution is 2.31. The van der Waals surface area contributed by atoms with E-state index in [1.165, 1.54) is 11.3 Å². The van der Waals surface area contributed by atoms with Crippen molar-refractivity contribution in [3.05, 3.63) is 59.1 Å². The van der Waals surface area contributed by atoms with E-state index >= 15 is 0 Å². The van der Waals surface area contributed by atoms with Gasteiger partial charge in [-0.15, -0.1) is 11.3 Å². The van der Waals surface area contributed by atoms with Gasteiger partial charge in [0.2, 0.25) is 0 Å². The van der Waals surface area contributed by atoms with Gasteiger partial charge in [-0.25, -0.2) is 9.78 Å². The summed E-state index contributed by atoms with van der Waals surface area (Å²) in [6.45, 7) is 2.62. The van der Waals surface area contributed by atoms with E-state index in [-0.39, 0.29) is 4.88 Å². The molecule has 0 unspecified atom stereocenters. The Kier molecular flexibility index (Phi) is 6.49. The number of aryl methyl sites for hydroxylation is 1. The molecule has 0 radical (unpaired) electrons. The van der Waals surface area contributed by atoms with Crippen molar-refractivity contribution < 1.29 is 24.1 Å². The van der Waals surface area contributed by atoms with Crippen molar-refractivity contribution in [2.75, 3.05) is 20.3 Å². The molecule has 0 fully saturated rings. The first-order chi connectivity index (χ1) is 13.6. The van der Waals surface area contributed by atoms with Crippen LogP contribution in [0.5, 0.6) is 17.2 Å². The molecule has 7 heteroatoms. The van der Waals surface area contributed by atoms with Crippen LogP contribution < -0.4 is 14.2 Å². The number of aromatic carboxylic acids is 1. The first-order valence-corrected chi connectivity index (χ1v) is 9.66. The lowest BCUT2D eigenvalue weighted by atomic mass is 10.2. The van der Waals surface area contributed by atoms with Gasteiger partial charge in [0.05, 0.1) is 12.8 Å². The monoisotopic (exact) mass is 399 g/mol. The van der Waals surface area contributed by atoms with Gasteiger partial charge in [-0.3, -0.25) is 0 Å². The molecule has 0 aliphatic rings. The van der Waals surface area contributed by atoms with Crippen molar-refractivity contribution in [3.63, 3.8) is 0 Å². The number of hydrogen-bond donors (Lipinski definition) is 1. The molecule has 3 rings (SSSR count). The Morgan fingerprint density at radius 1 is 1.07 bits per heavy atom. The Balaban J connectivity index is 1.63. The number of carboxylic acids is 1. The Hall–Kier alpha value is -3.06. The molecule has 3 aromatic rings. The van der Waals surface area contributed by atoms with Crippen molar-refractivity contribution >= 4 is 17.3 Å². The van der Waals surface area contributed by atoms with Crippen molar-refractivity contribution in [1.29, 1.82) is 0 Å². The molecular weight excluding hydrogens is 378 g/mol. The predicted molar refractivity (Wildman–Crippen MR) is 108 cm³/mol. The largest absolute Gasteiger partial charge is 0.493 e. The minimum absolute atomic E-state index is 0.286. The average Bonchev–Trinajstić information content (AvgIpc) is 3.17. The summed E-state index contributed by atoms with van der Waals surface area (Å²) in [6.07, 6.45) is 0.578. The maximum absolute atomic E-state index is 11.4. The van der Waals surface area contributed by atoms with Gasteiger partial charge in [-0.05, 0) is 30.7 Å². The highest BCUT2D eigenvalue weighted by atomic mass is 32.1. The average molecular weight is 399 g/mol. The Morgan fingerprint density at radius 2 is 1.82 bits per heavy atom. The molecule has 0 saturated heterocycles. The highest BCUT2D eigenvalue weighted by Gasteiger charge is 2.17. The zero-order chi connectivity index (χ0) is 19.9. The quantitative estimate of drug-likeness (QED) is 0.533. The molecule has 1 aromatic heterocycles. The van der Waals surface area contributed by atoms with E-state index in [2.05, 4.69) is 4.98 Å². The maximum Gasteiger partial charge on any atom is 0.347 e. The fourth-order valence-corrected chi connectivity index (χ4v) is 3.64. The second-order valence-corrected chi connectivity index (χ2v) is 6.83. The van der Waals surface area contributed by atoms with E-state index < -0.39 is 5.97 Å². The van der Waals surface area contributed by atoms with Gasteiger partial charge in [0, 0.05) is 5.56 Å². The van der Waals surface area contributed by atoms with Crippen LogP contribution in [-0.2, 0) is 6.42 Å². The number of carboxylic acid groups (broad SMARTS) is 1. The molecule has 0 atom stereocenters. The molecule has 2 aromatic carbocycles. The number of hydrogen-bond acceptors (Lipinski definition) is 6. The zero-order valence-electron chi connectivity index (χ0n) is 15.7. The molecule has 146 valence electrons. The van der Waals surface area contributed by atoms with Crippen LogP contribution in [0.4, 0.5) is 0 Å². The molecule has 0 aliphatic carbocycles.